The van der Waals surface area contributed by atoms with Gasteiger partial charge in [0, 0.05) is 11.8 Å². The third kappa shape index (κ3) is 1.45. The molecule has 3 heteroatoms. The van der Waals surface area contributed by atoms with Crippen molar-refractivity contribution in [2.75, 3.05) is 0 Å². The molecule has 0 saturated heterocycles. The molecule has 66 valence electrons. The van der Waals surface area contributed by atoms with Crippen LogP contribution in [0.4, 0.5) is 4.39 Å². The van der Waals surface area contributed by atoms with Crippen LogP contribution < -0.4 is 5.32 Å². The Morgan fingerprint density at radius 1 is 1.38 bits per heavy atom. The molecule has 0 bridgehead atoms. The molecule has 0 atom stereocenters. The highest BCUT2D eigenvalue weighted by Gasteiger charge is 2.12. The highest BCUT2D eigenvalue weighted by Crippen LogP contribution is 2.17. The quantitative estimate of drug-likeness (QED) is 0.638. The molecule has 0 spiro atoms. The molecule has 0 saturated carbocycles. The average molecular weight is 177 g/mol. The van der Waals surface area contributed by atoms with Crippen LogP contribution in [0.5, 0.6) is 0 Å². The van der Waals surface area contributed by atoms with Gasteiger partial charge in [0.25, 0.3) is 0 Å². The lowest BCUT2D eigenvalue weighted by Gasteiger charge is -2.02. The van der Waals surface area contributed by atoms with Crippen molar-refractivity contribution in [3.8, 4) is 0 Å². The number of fused-ring (bicyclic) bond motifs is 1. The molecule has 0 aromatic heterocycles. The Kier molecular flexibility index (Phi) is 1.85. The molecule has 0 fully saturated rings. The van der Waals surface area contributed by atoms with Gasteiger partial charge >= 0.3 is 0 Å². The molecule has 2 nitrogen and oxygen atoms in total. The van der Waals surface area contributed by atoms with Gasteiger partial charge in [-0.2, -0.15) is 0 Å². The molecule has 0 radical (unpaired) electrons. The largest absolute Gasteiger partial charge is 0.332 e. The van der Waals surface area contributed by atoms with Crippen LogP contribution >= 0.6 is 0 Å². The second-order valence-electron chi connectivity index (χ2n) is 2.89. The van der Waals surface area contributed by atoms with Crippen molar-refractivity contribution < 1.29 is 9.18 Å². The molecule has 1 aliphatic rings. The highest BCUT2D eigenvalue weighted by molar-refractivity contribution is 5.83. The van der Waals surface area contributed by atoms with Gasteiger partial charge in [0.1, 0.15) is 5.82 Å². The number of halogens is 1. The summed E-state index contributed by atoms with van der Waals surface area (Å²) in [5, 5.41) is 2.53. The normalized spacial score (nSPS) is 14.7. The van der Waals surface area contributed by atoms with E-state index in [-0.39, 0.29) is 18.1 Å². The maximum Gasteiger partial charge on any atom is 0.228 e. The predicted octanol–water partition coefficient (Wildman–Crippen LogP) is 1.47. The Labute approximate surface area is 75.1 Å². The smallest absolute Gasteiger partial charge is 0.228 e. The summed E-state index contributed by atoms with van der Waals surface area (Å²) in [5.41, 5.74) is 1.23. The second kappa shape index (κ2) is 3.01. The van der Waals surface area contributed by atoms with Gasteiger partial charge in [-0.1, -0.05) is 12.1 Å². The summed E-state index contributed by atoms with van der Waals surface area (Å²) in [6.45, 7) is 0. The van der Waals surface area contributed by atoms with Gasteiger partial charge in [-0.25, -0.2) is 4.39 Å². The molecule has 1 aromatic carbocycles. The van der Waals surface area contributed by atoms with Gasteiger partial charge in [0.05, 0.1) is 6.42 Å². The van der Waals surface area contributed by atoms with E-state index in [4.69, 9.17) is 0 Å². The zero-order valence-corrected chi connectivity index (χ0v) is 6.88. The summed E-state index contributed by atoms with van der Waals surface area (Å²) in [7, 11) is 0. The first-order chi connectivity index (χ1) is 6.27. The lowest BCUT2D eigenvalue weighted by molar-refractivity contribution is -0.119. The maximum atomic E-state index is 13.2. The molecular formula is C10H8FNO. The van der Waals surface area contributed by atoms with Gasteiger partial charge < -0.3 is 5.32 Å². The van der Waals surface area contributed by atoms with Crippen LogP contribution in [0.1, 0.15) is 11.1 Å². The third-order valence-corrected chi connectivity index (χ3v) is 2.00. The van der Waals surface area contributed by atoms with E-state index in [1.54, 1.807) is 18.2 Å². The molecule has 13 heavy (non-hydrogen) atoms. The Morgan fingerprint density at radius 3 is 3.08 bits per heavy atom. The van der Waals surface area contributed by atoms with Crippen molar-refractivity contribution in [3.63, 3.8) is 0 Å². The van der Waals surface area contributed by atoms with Crippen LogP contribution in [-0.4, -0.2) is 5.91 Å². The third-order valence-electron chi connectivity index (χ3n) is 2.00. The van der Waals surface area contributed by atoms with Crippen LogP contribution in [0, 0.1) is 5.82 Å². The van der Waals surface area contributed by atoms with Gasteiger partial charge in [0.2, 0.25) is 5.91 Å². The zero-order chi connectivity index (χ0) is 9.26. The number of hydrogen-bond acceptors (Lipinski definition) is 1. The van der Waals surface area contributed by atoms with Crippen LogP contribution in [0.25, 0.3) is 6.08 Å². The zero-order valence-electron chi connectivity index (χ0n) is 6.88. The number of hydrogen-bond donors (Lipinski definition) is 1. The fourth-order valence-corrected chi connectivity index (χ4v) is 1.35. The minimum absolute atomic E-state index is 0.106. The lowest BCUT2D eigenvalue weighted by atomic mass is 10.0. The monoisotopic (exact) mass is 177 g/mol. The van der Waals surface area contributed by atoms with Gasteiger partial charge in [-0.15, -0.1) is 0 Å². The molecule has 1 aliphatic heterocycles. The SMILES string of the molecule is O=C1Cc2c(F)cccc2C=CN1. The van der Waals surface area contributed by atoms with Crippen molar-refractivity contribution >= 4 is 12.0 Å². The minimum atomic E-state index is -0.320. The number of benzene rings is 1. The topological polar surface area (TPSA) is 29.1 Å². The van der Waals surface area contributed by atoms with Crippen molar-refractivity contribution in [2.24, 2.45) is 0 Å². The van der Waals surface area contributed by atoms with E-state index < -0.39 is 0 Å². The standard InChI is InChI=1S/C10H8FNO/c11-9-3-1-2-7-4-5-12-10(13)6-8(7)9/h1-5H,6H2,(H,12,13). The Morgan fingerprint density at radius 2 is 2.23 bits per heavy atom. The molecule has 0 aliphatic carbocycles. The van der Waals surface area contributed by atoms with E-state index in [2.05, 4.69) is 5.32 Å². The number of carbonyl (C=O) groups is 1. The van der Waals surface area contributed by atoms with Gasteiger partial charge in [0.15, 0.2) is 0 Å². The van der Waals surface area contributed by atoms with E-state index in [1.165, 1.54) is 12.3 Å². The van der Waals surface area contributed by atoms with Crippen molar-refractivity contribution in [1.82, 2.24) is 5.32 Å². The van der Waals surface area contributed by atoms with Crippen LogP contribution in [0.15, 0.2) is 24.4 Å². The summed E-state index contributed by atoms with van der Waals surface area (Å²) < 4.78 is 13.2. The summed E-state index contributed by atoms with van der Waals surface area (Å²) in [4.78, 5) is 11.1. The number of carbonyl (C=O) groups excluding carboxylic acids is 1. The van der Waals surface area contributed by atoms with Crippen molar-refractivity contribution in [2.45, 2.75) is 6.42 Å². The second-order valence-corrected chi connectivity index (χ2v) is 2.89. The van der Waals surface area contributed by atoms with E-state index >= 15 is 0 Å². The predicted molar refractivity (Wildman–Crippen MR) is 47.3 cm³/mol. The highest BCUT2D eigenvalue weighted by atomic mass is 19.1. The van der Waals surface area contributed by atoms with Crippen LogP contribution in [-0.2, 0) is 11.2 Å². The van der Waals surface area contributed by atoms with E-state index in [0.29, 0.717) is 5.56 Å². The summed E-state index contributed by atoms with van der Waals surface area (Å²) in [5.74, 6) is -0.501. The summed E-state index contributed by atoms with van der Waals surface area (Å²) in [6, 6.07) is 4.79. The molecule has 1 aromatic rings. The number of rotatable bonds is 0. The fourth-order valence-electron chi connectivity index (χ4n) is 1.35. The molecule has 0 unspecified atom stereocenters. The Bertz CT molecular complexity index is 385. The summed E-state index contributed by atoms with van der Waals surface area (Å²) >= 11 is 0. The first-order valence-electron chi connectivity index (χ1n) is 4.00. The Balaban J connectivity index is 2.55. The Hall–Kier alpha value is -1.64. The van der Waals surface area contributed by atoms with E-state index in [0.717, 1.165) is 5.56 Å². The van der Waals surface area contributed by atoms with Crippen molar-refractivity contribution in [3.05, 3.63) is 41.3 Å². The van der Waals surface area contributed by atoms with Gasteiger partial charge in [-0.05, 0) is 17.7 Å². The van der Waals surface area contributed by atoms with Crippen LogP contribution in [0.2, 0.25) is 0 Å². The van der Waals surface area contributed by atoms with E-state index in [1.807, 2.05) is 0 Å². The van der Waals surface area contributed by atoms with Crippen molar-refractivity contribution in [1.29, 1.82) is 0 Å². The number of amides is 1. The maximum absolute atomic E-state index is 13.2. The first kappa shape index (κ1) is 7.98. The molecular weight excluding hydrogens is 169 g/mol. The molecule has 1 heterocycles. The van der Waals surface area contributed by atoms with Crippen LogP contribution in [0.3, 0.4) is 0 Å². The summed E-state index contributed by atoms with van der Waals surface area (Å²) in [6.07, 6.45) is 3.34. The minimum Gasteiger partial charge on any atom is -0.332 e. The molecule has 2 rings (SSSR count). The fraction of sp³-hybridized carbons (Fsp3) is 0.100. The average Bonchev–Trinajstić information content (AvgIpc) is 2.28. The molecule has 1 N–H and O–H groups in total. The lowest BCUT2D eigenvalue weighted by Crippen LogP contribution is -2.18. The first-order valence-corrected chi connectivity index (χ1v) is 4.00. The molecule has 1 amide bonds. The van der Waals surface area contributed by atoms with E-state index in [9.17, 15) is 9.18 Å². The number of nitrogens with one attached hydrogen (secondary N) is 1. The van der Waals surface area contributed by atoms with Gasteiger partial charge in [-0.3, -0.25) is 4.79 Å².